The fourth-order valence-electron chi connectivity index (χ4n) is 5.68. The molecule has 0 aliphatic rings. The number of nitrogens with zero attached hydrogens (tertiary/aromatic N) is 9. The van der Waals surface area contributed by atoms with Gasteiger partial charge in [0.25, 0.3) is 12.7 Å². The molecule has 18 heteroatoms. The Morgan fingerprint density at radius 2 is 1.02 bits per heavy atom. The van der Waals surface area contributed by atoms with Crippen LogP contribution in [-0.2, 0) is 20.1 Å². The molecule has 0 saturated carbocycles. The average Bonchev–Trinajstić information content (AvgIpc) is 4.15. The number of benzene rings is 4. The third-order valence-corrected chi connectivity index (χ3v) is 8.78. The second-order valence-corrected chi connectivity index (χ2v) is 12.2. The Balaban J connectivity index is 0.000000186. The van der Waals surface area contributed by atoms with E-state index in [1.807, 2.05) is 82.5 Å². The fourth-order valence-corrected chi connectivity index (χ4v) is 5.68. The van der Waals surface area contributed by atoms with Crippen LogP contribution in [0.3, 0.4) is 0 Å². The van der Waals surface area contributed by atoms with Gasteiger partial charge in [-0.2, -0.15) is 17.3 Å². The maximum atomic E-state index is 5.45. The molecule has 0 aliphatic heterocycles. The standard InChI is InChI=1S/2C19H19N2O4.C6H4N5.Ir/c2*1-22-14-5-7-16(18(11-14)24-3)20-9-10-21(13-20)17-8-6-15(23-2)12-19(17)25-4;1-2-4-7-5(3-1)6-8-10-11-9-6;/h2*5-7,9-12H,1-4H3;1-4H;/q3*-1;. The number of aromatic nitrogens is 9. The van der Waals surface area contributed by atoms with E-state index in [2.05, 4.69) is 50.4 Å². The number of hydrogen-bond acceptors (Lipinski definition) is 12. The zero-order valence-electron chi connectivity index (χ0n) is 35.0. The van der Waals surface area contributed by atoms with Gasteiger partial charge in [0.15, 0.2) is 0 Å². The largest absolute Gasteiger partial charge is 0.558 e. The summed E-state index contributed by atoms with van der Waals surface area (Å²) in [5, 5.41) is 14.0. The summed E-state index contributed by atoms with van der Waals surface area (Å²) in [4.78, 5) is 4.02. The Kier molecular flexibility index (Phi) is 16.4. The van der Waals surface area contributed by atoms with Crippen molar-refractivity contribution in [2.45, 2.75) is 0 Å². The van der Waals surface area contributed by atoms with Gasteiger partial charge in [0.1, 0.15) is 34.4 Å². The Morgan fingerprint density at radius 3 is 1.40 bits per heavy atom. The topological polar surface area (TPSA) is 157 Å². The molecule has 0 unspecified atom stereocenters. The van der Waals surface area contributed by atoms with E-state index in [4.69, 9.17) is 37.9 Å². The van der Waals surface area contributed by atoms with Gasteiger partial charge >= 0.3 is 0 Å². The molecule has 1 radical (unpaired) electrons. The van der Waals surface area contributed by atoms with E-state index in [1.165, 1.54) is 0 Å². The summed E-state index contributed by atoms with van der Waals surface area (Å²) < 4.78 is 49.9. The van der Waals surface area contributed by atoms with Crippen molar-refractivity contribution in [3.63, 3.8) is 0 Å². The van der Waals surface area contributed by atoms with Gasteiger partial charge in [-0.15, -0.1) is 12.1 Å². The second kappa shape index (κ2) is 22.2. The Hall–Kier alpha value is -7.43. The fraction of sp³-hybridized carbons (Fsp3) is 0.182. The quantitative estimate of drug-likeness (QED) is 0.116. The maximum Gasteiger partial charge on any atom is 0.267 e. The first-order chi connectivity index (χ1) is 29.9. The van der Waals surface area contributed by atoms with Gasteiger partial charge in [0.2, 0.25) is 0 Å². The van der Waals surface area contributed by atoms with Crippen LogP contribution in [-0.4, -0.2) is 86.5 Å². The second-order valence-electron chi connectivity index (χ2n) is 12.2. The summed E-state index contributed by atoms with van der Waals surface area (Å²) in [6.45, 7) is 0. The van der Waals surface area contributed by atoms with Crippen molar-refractivity contribution in [2.75, 3.05) is 56.9 Å². The van der Waals surface area contributed by atoms with E-state index in [0.29, 0.717) is 46.0 Å². The number of pyridine rings is 1. The first kappa shape index (κ1) is 45.6. The van der Waals surface area contributed by atoms with Crippen LogP contribution in [0.4, 0.5) is 0 Å². The zero-order chi connectivity index (χ0) is 43.1. The Bertz CT molecular complexity index is 2340. The molecule has 0 bridgehead atoms. The number of tetrazole rings is 1. The molecule has 0 atom stereocenters. The molecule has 323 valence electrons. The summed E-state index contributed by atoms with van der Waals surface area (Å²) in [5.41, 5.74) is 3.84. The molecule has 0 aliphatic carbocycles. The number of methoxy groups -OCH3 is 8. The van der Waals surface area contributed by atoms with E-state index in [-0.39, 0.29) is 20.1 Å². The molecule has 0 amide bonds. The molecule has 62 heavy (non-hydrogen) atoms. The van der Waals surface area contributed by atoms with E-state index in [0.717, 1.165) is 34.2 Å². The minimum Gasteiger partial charge on any atom is -0.558 e. The molecule has 4 aromatic heterocycles. The Morgan fingerprint density at radius 1 is 0.548 bits per heavy atom. The van der Waals surface area contributed by atoms with Crippen LogP contribution in [0.1, 0.15) is 0 Å². The van der Waals surface area contributed by atoms with E-state index in [9.17, 15) is 0 Å². The molecule has 8 aromatic rings. The normalized spacial score (nSPS) is 10.1. The monoisotopic (exact) mass is 1020 g/mol. The third kappa shape index (κ3) is 10.8. The minimum absolute atomic E-state index is 0. The van der Waals surface area contributed by atoms with Crippen LogP contribution in [0.15, 0.2) is 110 Å². The molecule has 4 heterocycles. The molecule has 17 nitrogen and oxygen atoms in total. The van der Waals surface area contributed by atoms with Gasteiger partial charge in [-0.25, -0.2) is 0 Å². The van der Waals surface area contributed by atoms with Crippen molar-refractivity contribution < 1.29 is 67.1 Å². The van der Waals surface area contributed by atoms with Crippen LogP contribution >= 0.6 is 0 Å². The van der Waals surface area contributed by atoms with Gasteiger partial charge in [0.05, 0.1) is 68.4 Å². The van der Waals surface area contributed by atoms with E-state index in [1.54, 1.807) is 103 Å². The van der Waals surface area contributed by atoms with Gasteiger partial charge in [-0.05, 0) is 47.8 Å². The van der Waals surface area contributed by atoms with Gasteiger partial charge < -0.3 is 52.1 Å². The molecular weight excluding hydrogens is 975 g/mol. The summed E-state index contributed by atoms with van der Waals surface area (Å²) in [6, 6.07) is 30.1. The first-order valence-corrected chi connectivity index (χ1v) is 18.2. The van der Waals surface area contributed by atoms with Crippen LogP contribution in [0.5, 0.6) is 46.0 Å². The van der Waals surface area contributed by atoms with Crippen molar-refractivity contribution in [1.29, 1.82) is 0 Å². The van der Waals surface area contributed by atoms with Crippen molar-refractivity contribution in [3.05, 3.63) is 135 Å². The first-order valence-electron chi connectivity index (χ1n) is 18.2. The number of rotatable bonds is 13. The average molecular weight is 1020 g/mol. The molecule has 0 spiro atoms. The summed E-state index contributed by atoms with van der Waals surface area (Å²) >= 11 is 0. The summed E-state index contributed by atoms with van der Waals surface area (Å²) in [7, 11) is 12.9. The minimum atomic E-state index is 0. The van der Waals surface area contributed by atoms with Gasteiger partial charge in [-0.1, -0.05) is 18.2 Å². The summed E-state index contributed by atoms with van der Waals surface area (Å²) in [5.74, 6) is 5.92. The molecule has 0 fully saturated rings. The van der Waals surface area contributed by atoms with Crippen molar-refractivity contribution in [3.8, 4) is 80.3 Å². The predicted octanol–water partition coefficient (Wildman–Crippen LogP) is 4.67. The van der Waals surface area contributed by atoms with Gasteiger partial charge in [0, 0.05) is 86.2 Å². The molecular formula is C44H42IrN9O8-3. The third-order valence-electron chi connectivity index (χ3n) is 8.78. The SMILES string of the molecule is COc1c[c-]c(-n2[c-][n+](-c3ccc(OC)cc3OC)cc2)c(OC)c1.COc1c[c-]c(-n2[c-][n+](-c3ccc(OC)cc3OC)cc2)c(OC)c1.[Ir].c1ccc(-c2nnn[n-]2)nc1. The molecule has 0 saturated heterocycles. The van der Waals surface area contributed by atoms with Crippen molar-refractivity contribution >= 4 is 0 Å². The number of imidazole rings is 2. The van der Waals surface area contributed by atoms with Gasteiger partial charge in [-0.3, -0.25) is 24.4 Å². The van der Waals surface area contributed by atoms with Crippen LogP contribution in [0.2, 0.25) is 0 Å². The van der Waals surface area contributed by atoms with Crippen LogP contribution in [0.25, 0.3) is 34.3 Å². The van der Waals surface area contributed by atoms with Crippen LogP contribution < -0.4 is 52.1 Å². The number of hydrogen-bond donors (Lipinski definition) is 0. The maximum absolute atomic E-state index is 5.45. The van der Waals surface area contributed by atoms with Crippen LogP contribution in [0, 0.1) is 24.8 Å². The number of ether oxygens (including phenoxy) is 8. The summed E-state index contributed by atoms with van der Waals surface area (Å²) in [6.07, 6.45) is 15.6. The molecule has 0 N–H and O–H groups in total. The smallest absolute Gasteiger partial charge is 0.267 e. The predicted molar refractivity (Wildman–Crippen MR) is 219 cm³/mol. The zero-order valence-corrected chi connectivity index (χ0v) is 37.4. The van der Waals surface area contributed by atoms with Crippen molar-refractivity contribution in [2.24, 2.45) is 0 Å². The Labute approximate surface area is 372 Å². The van der Waals surface area contributed by atoms with E-state index >= 15 is 0 Å². The molecule has 8 rings (SSSR count). The molecule has 4 aromatic carbocycles. The van der Waals surface area contributed by atoms with E-state index < -0.39 is 0 Å². The van der Waals surface area contributed by atoms with Crippen molar-refractivity contribution in [1.82, 2.24) is 34.7 Å².